The molecule has 1 fully saturated rings. The summed E-state index contributed by atoms with van der Waals surface area (Å²) < 4.78 is 5.48. The molecule has 0 spiro atoms. The Morgan fingerprint density at radius 2 is 1.75 bits per heavy atom. The van der Waals surface area contributed by atoms with E-state index in [2.05, 4.69) is 38.1 Å². The van der Waals surface area contributed by atoms with Gasteiger partial charge in [-0.15, -0.1) is 0 Å². The van der Waals surface area contributed by atoms with E-state index in [-0.39, 0.29) is 11.6 Å². The van der Waals surface area contributed by atoms with Gasteiger partial charge in [-0.2, -0.15) is 0 Å². The van der Waals surface area contributed by atoms with Gasteiger partial charge in [-0.05, 0) is 70.9 Å². The molecule has 24 heavy (non-hydrogen) atoms. The lowest BCUT2D eigenvalue weighted by Gasteiger charge is -2.34. The molecule has 4 heteroatoms. The van der Waals surface area contributed by atoms with Crippen LogP contribution in [0.2, 0.25) is 0 Å². The van der Waals surface area contributed by atoms with E-state index in [0.717, 1.165) is 32.4 Å². The molecule has 1 aromatic rings. The van der Waals surface area contributed by atoms with Crippen LogP contribution in [0.4, 0.5) is 4.79 Å². The zero-order valence-corrected chi connectivity index (χ0v) is 15.8. The fourth-order valence-corrected chi connectivity index (χ4v) is 3.28. The number of ether oxygens (including phenoxy) is 1. The first-order valence-corrected chi connectivity index (χ1v) is 8.90. The van der Waals surface area contributed by atoms with Crippen LogP contribution >= 0.6 is 0 Å². The van der Waals surface area contributed by atoms with E-state index < -0.39 is 5.60 Å². The third-order valence-corrected chi connectivity index (χ3v) is 4.29. The normalized spacial score (nSPS) is 17.0. The van der Waals surface area contributed by atoms with Crippen molar-refractivity contribution in [3.63, 3.8) is 0 Å². The fourth-order valence-electron chi connectivity index (χ4n) is 3.28. The van der Waals surface area contributed by atoms with Crippen molar-refractivity contribution in [3.05, 3.63) is 35.4 Å². The average molecular weight is 332 g/mol. The van der Waals surface area contributed by atoms with Crippen LogP contribution < -0.4 is 5.73 Å². The van der Waals surface area contributed by atoms with E-state index in [1.165, 1.54) is 11.1 Å². The van der Waals surface area contributed by atoms with Crippen LogP contribution in [0.15, 0.2) is 24.3 Å². The first-order chi connectivity index (χ1) is 11.1. The minimum Gasteiger partial charge on any atom is -0.444 e. The highest BCUT2D eigenvalue weighted by molar-refractivity contribution is 5.68. The summed E-state index contributed by atoms with van der Waals surface area (Å²) in [6, 6.07) is 8.59. The van der Waals surface area contributed by atoms with Crippen molar-refractivity contribution in [1.29, 1.82) is 0 Å². The number of carbonyl (C=O) groups excluding carboxylic acids is 1. The van der Waals surface area contributed by atoms with Gasteiger partial charge >= 0.3 is 6.09 Å². The highest BCUT2D eigenvalue weighted by Gasteiger charge is 2.28. The molecular weight excluding hydrogens is 300 g/mol. The lowest BCUT2D eigenvalue weighted by molar-refractivity contribution is 0.0204. The van der Waals surface area contributed by atoms with E-state index in [0.29, 0.717) is 5.92 Å². The molecule has 0 unspecified atom stereocenters. The molecule has 0 atom stereocenters. The van der Waals surface area contributed by atoms with Crippen molar-refractivity contribution in [2.45, 2.75) is 70.9 Å². The Morgan fingerprint density at radius 3 is 2.29 bits per heavy atom. The van der Waals surface area contributed by atoms with E-state index in [4.69, 9.17) is 10.5 Å². The predicted octanol–water partition coefficient (Wildman–Crippen LogP) is 4.08. The molecule has 0 saturated carbocycles. The molecule has 1 aromatic carbocycles. The Bertz CT molecular complexity index is 562. The number of hydrogen-bond donors (Lipinski definition) is 1. The monoisotopic (exact) mass is 332 g/mol. The minimum atomic E-state index is -0.437. The van der Waals surface area contributed by atoms with Gasteiger partial charge in [-0.25, -0.2) is 4.79 Å². The topological polar surface area (TPSA) is 55.6 Å². The lowest BCUT2D eigenvalue weighted by Crippen LogP contribution is -2.41. The summed E-state index contributed by atoms with van der Waals surface area (Å²) >= 11 is 0. The second-order valence-electron chi connectivity index (χ2n) is 8.61. The fraction of sp³-hybridized carbons (Fsp3) is 0.650. The van der Waals surface area contributed by atoms with E-state index in [9.17, 15) is 4.79 Å². The SMILES string of the molecule is CC(C)(N)Cc1ccccc1C1CCN(C(=O)OC(C)(C)C)CC1. The molecule has 1 aliphatic heterocycles. The van der Waals surface area contributed by atoms with Crippen LogP contribution in [0.25, 0.3) is 0 Å². The Kier molecular flexibility index (Phi) is 5.59. The van der Waals surface area contributed by atoms with Gasteiger partial charge in [0.05, 0.1) is 0 Å². The average Bonchev–Trinajstić information content (AvgIpc) is 2.44. The molecule has 1 heterocycles. The zero-order valence-electron chi connectivity index (χ0n) is 15.8. The number of piperidine rings is 1. The molecule has 0 radical (unpaired) electrons. The van der Waals surface area contributed by atoms with Gasteiger partial charge in [-0.3, -0.25) is 0 Å². The maximum Gasteiger partial charge on any atom is 0.410 e. The summed E-state index contributed by atoms with van der Waals surface area (Å²) in [5.41, 5.74) is 8.29. The summed E-state index contributed by atoms with van der Waals surface area (Å²) in [5.74, 6) is 0.488. The van der Waals surface area contributed by atoms with Crippen LogP contribution in [-0.4, -0.2) is 35.2 Å². The number of nitrogens with two attached hydrogens (primary N) is 1. The smallest absolute Gasteiger partial charge is 0.410 e. The summed E-state index contributed by atoms with van der Waals surface area (Å²) in [7, 11) is 0. The van der Waals surface area contributed by atoms with Crippen molar-refractivity contribution in [1.82, 2.24) is 4.90 Å². The molecule has 2 rings (SSSR count). The minimum absolute atomic E-state index is 0.197. The molecular formula is C20H32N2O2. The zero-order chi connectivity index (χ0) is 18.0. The van der Waals surface area contributed by atoms with Crippen molar-refractivity contribution in [2.24, 2.45) is 5.73 Å². The second kappa shape index (κ2) is 7.14. The summed E-state index contributed by atoms with van der Waals surface area (Å²) in [5, 5.41) is 0. The summed E-state index contributed by atoms with van der Waals surface area (Å²) in [6.45, 7) is 11.3. The number of rotatable bonds is 3. The number of nitrogens with zero attached hydrogens (tertiary/aromatic N) is 1. The van der Waals surface area contributed by atoms with Gasteiger partial charge in [0.2, 0.25) is 0 Å². The number of amides is 1. The van der Waals surface area contributed by atoms with Crippen LogP contribution in [0.5, 0.6) is 0 Å². The summed E-state index contributed by atoms with van der Waals surface area (Å²) in [4.78, 5) is 14.0. The number of carbonyl (C=O) groups is 1. The first kappa shape index (κ1) is 18.8. The Hall–Kier alpha value is -1.55. The molecule has 4 nitrogen and oxygen atoms in total. The van der Waals surface area contributed by atoms with Crippen LogP contribution in [-0.2, 0) is 11.2 Å². The maximum absolute atomic E-state index is 12.2. The Balaban J connectivity index is 2.01. The predicted molar refractivity (Wildman–Crippen MR) is 98.2 cm³/mol. The molecule has 0 bridgehead atoms. The molecule has 0 aliphatic carbocycles. The van der Waals surface area contributed by atoms with Crippen LogP contribution in [0.3, 0.4) is 0 Å². The van der Waals surface area contributed by atoms with Gasteiger partial charge in [0.15, 0.2) is 0 Å². The number of hydrogen-bond acceptors (Lipinski definition) is 3. The third kappa shape index (κ3) is 5.52. The van der Waals surface area contributed by atoms with E-state index in [1.54, 1.807) is 0 Å². The van der Waals surface area contributed by atoms with Crippen molar-refractivity contribution in [2.75, 3.05) is 13.1 Å². The Morgan fingerprint density at radius 1 is 1.17 bits per heavy atom. The number of likely N-dealkylation sites (tertiary alicyclic amines) is 1. The molecule has 1 saturated heterocycles. The van der Waals surface area contributed by atoms with Gasteiger partial charge in [0.1, 0.15) is 5.60 Å². The van der Waals surface area contributed by atoms with Gasteiger partial charge in [0.25, 0.3) is 0 Å². The molecule has 134 valence electrons. The van der Waals surface area contributed by atoms with Gasteiger partial charge < -0.3 is 15.4 Å². The van der Waals surface area contributed by atoms with Crippen LogP contribution in [0, 0.1) is 0 Å². The largest absolute Gasteiger partial charge is 0.444 e. The number of benzene rings is 1. The Labute approximate surface area is 146 Å². The van der Waals surface area contributed by atoms with Crippen molar-refractivity contribution < 1.29 is 9.53 Å². The highest BCUT2D eigenvalue weighted by Crippen LogP contribution is 2.32. The van der Waals surface area contributed by atoms with Gasteiger partial charge in [-0.1, -0.05) is 24.3 Å². The third-order valence-electron chi connectivity index (χ3n) is 4.29. The standard InChI is InChI=1S/C20H32N2O2/c1-19(2,3)24-18(23)22-12-10-15(11-13-22)17-9-7-6-8-16(17)14-20(4,5)21/h6-9,15H,10-14,21H2,1-5H3. The van der Waals surface area contributed by atoms with Gasteiger partial charge in [0, 0.05) is 18.6 Å². The maximum atomic E-state index is 12.2. The quantitative estimate of drug-likeness (QED) is 0.907. The molecule has 2 N–H and O–H groups in total. The molecule has 0 aromatic heterocycles. The van der Waals surface area contributed by atoms with Crippen molar-refractivity contribution >= 4 is 6.09 Å². The van der Waals surface area contributed by atoms with Crippen LogP contribution in [0.1, 0.15) is 64.5 Å². The second-order valence-corrected chi connectivity index (χ2v) is 8.61. The van der Waals surface area contributed by atoms with E-state index in [1.807, 2.05) is 25.7 Å². The highest BCUT2D eigenvalue weighted by atomic mass is 16.6. The first-order valence-electron chi connectivity index (χ1n) is 8.90. The van der Waals surface area contributed by atoms with E-state index >= 15 is 0 Å². The van der Waals surface area contributed by atoms with Crippen molar-refractivity contribution in [3.8, 4) is 0 Å². The molecule has 1 aliphatic rings. The molecule has 1 amide bonds. The summed E-state index contributed by atoms with van der Waals surface area (Å²) in [6.07, 6.45) is 2.62. The lowest BCUT2D eigenvalue weighted by atomic mass is 9.83.